The second-order valence-corrected chi connectivity index (χ2v) is 15.5. The Morgan fingerprint density at radius 2 is 0.981 bits per heavy atom. The van der Waals surface area contributed by atoms with Crippen molar-refractivity contribution in [2.24, 2.45) is 0 Å². The van der Waals surface area contributed by atoms with Crippen molar-refractivity contribution in [3.63, 3.8) is 0 Å². The van der Waals surface area contributed by atoms with E-state index in [4.69, 9.17) is 4.74 Å². The van der Waals surface area contributed by atoms with Crippen LogP contribution in [-0.2, 0) is 5.41 Å². The van der Waals surface area contributed by atoms with Crippen molar-refractivity contribution in [3.05, 3.63) is 210 Å². The molecule has 0 atom stereocenters. The standard InChI is InChI=1S/C51H31NOS/c1-3-13-32(14-4-1)34-23-27-44-46(29-34)53-47-30-35(33-15-5-2-6-16-33)24-28-45(47)52(44)36-25-26-39-43(31-36)51(50-49(39)40-19-9-12-22-48(40)54-50)41-20-10-7-17-37(41)38-18-8-11-21-42(38)51/h1-31H. The summed E-state index contributed by atoms with van der Waals surface area (Å²) in [5.74, 6) is 1.68. The Morgan fingerprint density at radius 3 is 1.61 bits per heavy atom. The van der Waals surface area contributed by atoms with Gasteiger partial charge in [0.2, 0.25) is 0 Å². The second kappa shape index (κ2) is 11.2. The molecule has 0 saturated heterocycles. The van der Waals surface area contributed by atoms with Crippen molar-refractivity contribution in [1.29, 1.82) is 0 Å². The number of benzene rings is 8. The van der Waals surface area contributed by atoms with Gasteiger partial charge in [0.1, 0.15) is 0 Å². The summed E-state index contributed by atoms with van der Waals surface area (Å²) in [6, 6.07) is 68.6. The lowest BCUT2D eigenvalue weighted by Crippen LogP contribution is -2.25. The van der Waals surface area contributed by atoms with Crippen molar-refractivity contribution in [3.8, 4) is 56.0 Å². The van der Waals surface area contributed by atoms with Crippen LogP contribution in [0, 0.1) is 0 Å². The molecule has 2 aliphatic carbocycles. The Hall–Kier alpha value is -6.68. The van der Waals surface area contributed by atoms with Crippen LogP contribution in [0.25, 0.3) is 54.6 Å². The van der Waals surface area contributed by atoms with Gasteiger partial charge in [-0.3, -0.25) is 0 Å². The molecule has 9 aromatic rings. The predicted octanol–water partition coefficient (Wildman–Crippen LogP) is 14.2. The molecular weight excluding hydrogens is 675 g/mol. The SMILES string of the molecule is c1ccc(-c2ccc3c(c2)Oc2cc(-c4ccccc4)ccc2N3c2ccc3c(c2)C2(c4ccccc4-c4ccccc42)c2sc4ccccc4c2-3)cc1. The molecule has 0 saturated carbocycles. The number of hydrogen-bond acceptors (Lipinski definition) is 3. The van der Waals surface area contributed by atoms with Gasteiger partial charge in [0, 0.05) is 26.2 Å². The molecule has 0 bridgehead atoms. The molecular formula is C51H31NOS. The van der Waals surface area contributed by atoms with Crippen LogP contribution in [0.15, 0.2) is 188 Å². The van der Waals surface area contributed by atoms with E-state index in [9.17, 15) is 0 Å². The maximum absolute atomic E-state index is 6.88. The van der Waals surface area contributed by atoms with Gasteiger partial charge >= 0.3 is 0 Å². The number of thiophene rings is 1. The molecule has 0 radical (unpaired) electrons. The molecule has 0 N–H and O–H groups in total. The van der Waals surface area contributed by atoms with Gasteiger partial charge in [-0.25, -0.2) is 0 Å². The van der Waals surface area contributed by atoms with E-state index in [0.717, 1.165) is 50.8 Å². The van der Waals surface area contributed by atoms with Crippen LogP contribution in [0.3, 0.4) is 0 Å². The van der Waals surface area contributed by atoms with Gasteiger partial charge in [0.25, 0.3) is 0 Å². The van der Waals surface area contributed by atoms with Crippen LogP contribution >= 0.6 is 11.3 Å². The molecule has 54 heavy (non-hydrogen) atoms. The van der Waals surface area contributed by atoms with Gasteiger partial charge in [0.05, 0.1) is 16.8 Å². The fourth-order valence-corrected chi connectivity index (χ4v) is 10.8. The summed E-state index contributed by atoms with van der Waals surface area (Å²) in [6.45, 7) is 0. The molecule has 3 heteroatoms. The Kier molecular flexibility index (Phi) is 6.17. The Morgan fingerprint density at radius 1 is 0.426 bits per heavy atom. The molecule has 0 fully saturated rings. The van der Waals surface area contributed by atoms with E-state index < -0.39 is 5.41 Å². The summed E-state index contributed by atoms with van der Waals surface area (Å²) < 4.78 is 8.21. The van der Waals surface area contributed by atoms with Crippen molar-refractivity contribution >= 4 is 38.5 Å². The average Bonchev–Trinajstić information content (AvgIpc) is 3.86. The topological polar surface area (TPSA) is 12.5 Å². The largest absolute Gasteiger partial charge is 0.453 e. The molecule has 8 aromatic carbocycles. The molecule has 2 nitrogen and oxygen atoms in total. The van der Waals surface area contributed by atoms with Gasteiger partial charge in [-0.15, -0.1) is 11.3 Å². The third-order valence-corrected chi connectivity index (χ3v) is 12.9. The second-order valence-electron chi connectivity index (χ2n) is 14.4. The molecule has 2 heterocycles. The number of anilines is 3. The number of fused-ring (bicyclic) bond motifs is 14. The van der Waals surface area contributed by atoms with E-state index in [0.29, 0.717) is 0 Å². The first-order chi connectivity index (χ1) is 26.8. The van der Waals surface area contributed by atoms with Crippen molar-refractivity contribution in [1.82, 2.24) is 0 Å². The fraction of sp³-hybridized carbons (Fsp3) is 0.0196. The van der Waals surface area contributed by atoms with Crippen LogP contribution < -0.4 is 9.64 Å². The number of rotatable bonds is 3. The summed E-state index contributed by atoms with van der Waals surface area (Å²) in [5, 5.41) is 1.33. The minimum absolute atomic E-state index is 0.427. The van der Waals surface area contributed by atoms with E-state index in [1.54, 1.807) is 0 Å². The first-order valence-electron chi connectivity index (χ1n) is 18.5. The Bertz CT molecular complexity index is 2840. The molecule has 1 aromatic heterocycles. The van der Waals surface area contributed by atoms with Gasteiger partial charge in [-0.1, -0.05) is 146 Å². The van der Waals surface area contributed by atoms with Crippen LogP contribution in [0.5, 0.6) is 11.5 Å². The van der Waals surface area contributed by atoms with Gasteiger partial charge < -0.3 is 9.64 Å². The number of ether oxygens (including phenoxy) is 1. The van der Waals surface area contributed by atoms with Crippen LogP contribution in [0.1, 0.15) is 21.6 Å². The zero-order valence-electron chi connectivity index (χ0n) is 29.2. The molecule has 12 rings (SSSR count). The number of nitrogens with zero attached hydrogens (tertiary/aromatic N) is 1. The van der Waals surface area contributed by atoms with E-state index in [-0.39, 0.29) is 0 Å². The van der Waals surface area contributed by atoms with Crippen LogP contribution in [-0.4, -0.2) is 0 Å². The summed E-state index contributed by atoms with van der Waals surface area (Å²) in [4.78, 5) is 3.82. The van der Waals surface area contributed by atoms with E-state index in [2.05, 4.69) is 193 Å². The third-order valence-electron chi connectivity index (χ3n) is 11.7. The molecule has 252 valence electrons. The maximum atomic E-state index is 6.88. The average molecular weight is 706 g/mol. The lowest BCUT2D eigenvalue weighted by atomic mass is 9.73. The first kappa shape index (κ1) is 29.9. The highest BCUT2D eigenvalue weighted by molar-refractivity contribution is 7.20. The monoisotopic (exact) mass is 705 g/mol. The lowest BCUT2D eigenvalue weighted by molar-refractivity contribution is 0.477. The highest BCUT2D eigenvalue weighted by Gasteiger charge is 2.53. The Labute approximate surface area is 317 Å². The lowest BCUT2D eigenvalue weighted by Gasteiger charge is -2.35. The predicted molar refractivity (Wildman–Crippen MR) is 224 cm³/mol. The summed E-state index contributed by atoms with van der Waals surface area (Å²) in [7, 11) is 0. The van der Waals surface area contributed by atoms with Crippen molar-refractivity contribution in [2.45, 2.75) is 5.41 Å². The van der Waals surface area contributed by atoms with Crippen LogP contribution in [0.2, 0.25) is 0 Å². The van der Waals surface area contributed by atoms with Crippen molar-refractivity contribution < 1.29 is 4.74 Å². The number of hydrogen-bond donors (Lipinski definition) is 0. The van der Waals surface area contributed by atoms with E-state index in [1.165, 1.54) is 53.9 Å². The minimum atomic E-state index is -0.427. The smallest absolute Gasteiger partial charge is 0.152 e. The summed E-state index contributed by atoms with van der Waals surface area (Å²) in [6.07, 6.45) is 0. The molecule has 1 spiro atoms. The van der Waals surface area contributed by atoms with Gasteiger partial charge in [-0.2, -0.15) is 0 Å². The first-order valence-corrected chi connectivity index (χ1v) is 19.3. The highest BCUT2D eigenvalue weighted by Crippen LogP contribution is 2.66. The molecule has 3 aliphatic rings. The van der Waals surface area contributed by atoms with Crippen molar-refractivity contribution in [2.75, 3.05) is 4.90 Å². The summed E-state index contributed by atoms with van der Waals surface area (Å²) >= 11 is 1.95. The fourth-order valence-electron chi connectivity index (χ4n) is 9.38. The quantitative estimate of drug-likeness (QED) is 0.181. The Balaban J connectivity index is 1.12. The van der Waals surface area contributed by atoms with E-state index in [1.807, 2.05) is 11.3 Å². The minimum Gasteiger partial charge on any atom is -0.453 e. The summed E-state index contributed by atoms with van der Waals surface area (Å²) in [5.41, 5.74) is 16.7. The normalized spacial score (nSPS) is 13.8. The zero-order chi connectivity index (χ0) is 35.4. The third kappa shape index (κ3) is 3.99. The highest BCUT2D eigenvalue weighted by atomic mass is 32.1. The van der Waals surface area contributed by atoms with Gasteiger partial charge in [-0.05, 0) is 98.1 Å². The van der Waals surface area contributed by atoms with Gasteiger partial charge in [0.15, 0.2) is 11.5 Å². The maximum Gasteiger partial charge on any atom is 0.152 e. The molecule has 0 amide bonds. The zero-order valence-corrected chi connectivity index (χ0v) is 30.0. The molecule has 0 unspecified atom stereocenters. The molecule has 1 aliphatic heterocycles. The van der Waals surface area contributed by atoms with E-state index >= 15 is 0 Å². The van der Waals surface area contributed by atoms with Crippen LogP contribution in [0.4, 0.5) is 17.1 Å².